The van der Waals surface area contributed by atoms with Gasteiger partial charge >= 0.3 is 0 Å². The number of hydrogen-bond acceptors (Lipinski definition) is 4. The molecule has 5 nitrogen and oxygen atoms in total. The van der Waals surface area contributed by atoms with Gasteiger partial charge in [-0.25, -0.2) is 0 Å². The molecule has 2 aromatic carbocycles. The van der Waals surface area contributed by atoms with Crippen molar-refractivity contribution in [2.45, 2.75) is 6.10 Å². The molecule has 1 heterocycles. The van der Waals surface area contributed by atoms with Crippen molar-refractivity contribution in [2.24, 2.45) is 7.05 Å². The fourth-order valence-electron chi connectivity index (χ4n) is 2.46. The summed E-state index contributed by atoms with van der Waals surface area (Å²) in [7, 11) is 1.99. The van der Waals surface area contributed by atoms with Crippen molar-refractivity contribution in [1.29, 1.82) is 5.26 Å². The molecule has 128 valence electrons. The summed E-state index contributed by atoms with van der Waals surface area (Å²) in [6, 6.07) is 14.9. The van der Waals surface area contributed by atoms with Crippen LogP contribution in [0.2, 0.25) is 0 Å². The van der Waals surface area contributed by atoms with Crippen molar-refractivity contribution in [3.63, 3.8) is 0 Å². The van der Waals surface area contributed by atoms with Crippen LogP contribution in [0.4, 0.5) is 0 Å². The van der Waals surface area contributed by atoms with Crippen LogP contribution in [0.15, 0.2) is 53.1 Å². The highest BCUT2D eigenvalue weighted by molar-refractivity contribution is 9.10. The first-order valence-electron chi connectivity index (χ1n) is 7.75. The van der Waals surface area contributed by atoms with Gasteiger partial charge in [-0.15, -0.1) is 0 Å². The highest BCUT2D eigenvalue weighted by Gasteiger charge is 2.10. The van der Waals surface area contributed by atoms with Crippen LogP contribution in [0.25, 0.3) is 10.9 Å². The molecule has 0 aliphatic heterocycles. The van der Waals surface area contributed by atoms with E-state index in [0.29, 0.717) is 21.5 Å². The first-order valence-corrected chi connectivity index (χ1v) is 8.54. The van der Waals surface area contributed by atoms with E-state index < -0.39 is 6.10 Å². The van der Waals surface area contributed by atoms with E-state index in [1.54, 1.807) is 18.2 Å². The molecule has 0 saturated heterocycles. The molecule has 0 spiro atoms. The van der Waals surface area contributed by atoms with Crippen LogP contribution >= 0.6 is 15.9 Å². The van der Waals surface area contributed by atoms with Gasteiger partial charge in [0.05, 0.1) is 16.1 Å². The summed E-state index contributed by atoms with van der Waals surface area (Å²) >= 11 is 3.35. The lowest BCUT2D eigenvalue weighted by atomic mass is 10.2. The molecule has 0 saturated carbocycles. The summed E-state index contributed by atoms with van der Waals surface area (Å²) in [6.07, 6.45) is 1.22. The highest BCUT2D eigenvalue weighted by Crippen LogP contribution is 2.26. The van der Waals surface area contributed by atoms with Crippen LogP contribution in [0.5, 0.6) is 11.5 Å². The average molecular weight is 401 g/mol. The van der Waals surface area contributed by atoms with E-state index in [1.807, 2.05) is 42.1 Å². The molecule has 6 heteroatoms. The zero-order valence-corrected chi connectivity index (χ0v) is 15.2. The number of aliphatic hydroxyl groups excluding tert-OH is 1. The van der Waals surface area contributed by atoms with Crippen molar-refractivity contribution in [1.82, 2.24) is 4.57 Å². The number of ether oxygens (including phenoxy) is 2. The molecule has 1 N–H and O–H groups in total. The Bertz CT molecular complexity index is 930. The molecule has 0 amide bonds. The largest absolute Gasteiger partial charge is 0.491 e. The molecular weight excluding hydrogens is 384 g/mol. The van der Waals surface area contributed by atoms with Gasteiger partial charge in [-0.1, -0.05) is 0 Å². The number of halogens is 1. The van der Waals surface area contributed by atoms with Crippen LogP contribution in [0.1, 0.15) is 5.56 Å². The van der Waals surface area contributed by atoms with Gasteiger partial charge in [0, 0.05) is 24.1 Å². The van der Waals surface area contributed by atoms with Crippen LogP contribution in [-0.2, 0) is 7.05 Å². The van der Waals surface area contributed by atoms with E-state index >= 15 is 0 Å². The fourth-order valence-corrected chi connectivity index (χ4v) is 2.96. The summed E-state index contributed by atoms with van der Waals surface area (Å²) in [5.74, 6) is 1.28. The smallest absolute Gasteiger partial charge is 0.133 e. The minimum atomic E-state index is -0.769. The Morgan fingerprint density at radius 1 is 1.16 bits per heavy atom. The van der Waals surface area contributed by atoms with Gasteiger partial charge in [0.2, 0.25) is 0 Å². The van der Waals surface area contributed by atoms with Gasteiger partial charge in [-0.3, -0.25) is 0 Å². The Hall–Kier alpha value is -2.49. The van der Waals surface area contributed by atoms with Crippen molar-refractivity contribution in [2.75, 3.05) is 13.2 Å². The van der Waals surface area contributed by atoms with Crippen molar-refractivity contribution in [3.8, 4) is 17.6 Å². The summed E-state index contributed by atoms with van der Waals surface area (Å²) < 4.78 is 13.9. The minimum absolute atomic E-state index is 0.0953. The van der Waals surface area contributed by atoms with Gasteiger partial charge < -0.3 is 19.1 Å². The standard InChI is InChI=1S/C19H17BrN2O3/c1-22-7-6-14-9-16(3-4-18(14)22)24-11-15(23)12-25-19-5-2-13(10-21)8-17(19)20/h2-9,15,23H,11-12H2,1H3. The number of hydrogen-bond donors (Lipinski definition) is 1. The van der Waals surface area contributed by atoms with Crippen molar-refractivity contribution < 1.29 is 14.6 Å². The van der Waals surface area contributed by atoms with E-state index in [4.69, 9.17) is 14.7 Å². The van der Waals surface area contributed by atoms with Gasteiger partial charge in [0.25, 0.3) is 0 Å². The van der Waals surface area contributed by atoms with Crippen molar-refractivity contribution >= 4 is 26.8 Å². The zero-order valence-electron chi connectivity index (χ0n) is 13.6. The number of aliphatic hydroxyl groups is 1. The maximum Gasteiger partial charge on any atom is 0.133 e. The lowest BCUT2D eigenvalue weighted by Gasteiger charge is -2.14. The van der Waals surface area contributed by atoms with Crippen molar-refractivity contribution in [3.05, 3.63) is 58.7 Å². The molecule has 3 rings (SSSR count). The molecule has 1 atom stereocenters. The third kappa shape index (κ3) is 4.13. The quantitative estimate of drug-likeness (QED) is 0.685. The van der Waals surface area contributed by atoms with E-state index in [1.165, 1.54) is 0 Å². The minimum Gasteiger partial charge on any atom is -0.491 e. The van der Waals surface area contributed by atoms with Crippen LogP contribution in [0.3, 0.4) is 0 Å². The summed E-state index contributed by atoms with van der Waals surface area (Å²) in [5.41, 5.74) is 1.67. The topological polar surface area (TPSA) is 67.4 Å². The van der Waals surface area contributed by atoms with Gasteiger partial charge in [0.1, 0.15) is 30.8 Å². The monoisotopic (exact) mass is 400 g/mol. The number of nitrogens with zero attached hydrogens (tertiary/aromatic N) is 2. The Morgan fingerprint density at radius 2 is 1.96 bits per heavy atom. The van der Waals surface area contributed by atoms with E-state index in [0.717, 1.165) is 10.9 Å². The Balaban J connectivity index is 1.53. The summed E-state index contributed by atoms with van der Waals surface area (Å²) in [5, 5.41) is 20.0. The number of aryl methyl sites for hydroxylation is 1. The molecule has 0 aliphatic rings. The second-order valence-electron chi connectivity index (χ2n) is 5.68. The van der Waals surface area contributed by atoms with E-state index in [9.17, 15) is 5.11 Å². The molecule has 0 fully saturated rings. The van der Waals surface area contributed by atoms with Crippen LogP contribution < -0.4 is 9.47 Å². The maximum absolute atomic E-state index is 10.1. The molecule has 1 unspecified atom stereocenters. The number of aromatic nitrogens is 1. The Morgan fingerprint density at radius 3 is 2.72 bits per heavy atom. The van der Waals surface area contributed by atoms with E-state index in [2.05, 4.69) is 22.0 Å². The second kappa shape index (κ2) is 7.60. The normalized spacial score (nSPS) is 11.9. The number of fused-ring (bicyclic) bond motifs is 1. The maximum atomic E-state index is 10.1. The summed E-state index contributed by atoms with van der Waals surface area (Å²) in [4.78, 5) is 0. The molecule has 0 aliphatic carbocycles. The second-order valence-corrected chi connectivity index (χ2v) is 6.53. The first-order chi connectivity index (χ1) is 12.1. The predicted octanol–water partition coefficient (Wildman–Crippen LogP) is 3.63. The predicted molar refractivity (Wildman–Crippen MR) is 98.8 cm³/mol. The molecular formula is C19H17BrN2O3. The fraction of sp³-hybridized carbons (Fsp3) is 0.211. The molecule has 1 aromatic heterocycles. The van der Waals surface area contributed by atoms with Crippen LogP contribution in [-0.4, -0.2) is 29.0 Å². The average Bonchev–Trinajstić information content (AvgIpc) is 2.99. The Kier molecular flexibility index (Phi) is 5.27. The van der Waals surface area contributed by atoms with E-state index in [-0.39, 0.29) is 13.2 Å². The molecule has 0 radical (unpaired) electrons. The van der Waals surface area contributed by atoms with Gasteiger partial charge in [-0.2, -0.15) is 5.26 Å². The zero-order chi connectivity index (χ0) is 17.8. The third-order valence-corrected chi connectivity index (χ3v) is 4.41. The molecule has 0 bridgehead atoms. The molecule has 25 heavy (non-hydrogen) atoms. The number of rotatable bonds is 6. The van der Waals surface area contributed by atoms with Crippen LogP contribution in [0, 0.1) is 11.3 Å². The lowest BCUT2D eigenvalue weighted by Crippen LogP contribution is -2.25. The van der Waals surface area contributed by atoms with Gasteiger partial charge in [0.15, 0.2) is 0 Å². The lowest BCUT2D eigenvalue weighted by molar-refractivity contribution is 0.0624. The van der Waals surface area contributed by atoms with Gasteiger partial charge in [-0.05, 0) is 58.4 Å². The summed E-state index contributed by atoms with van der Waals surface area (Å²) in [6.45, 7) is 0.227. The first kappa shape index (κ1) is 17.3. The highest BCUT2D eigenvalue weighted by atomic mass is 79.9. The number of nitriles is 1. The Labute approximate surface area is 154 Å². The third-order valence-electron chi connectivity index (χ3n) is 3.79. The SMILES string of the molecule is Cn1ccc2cc(OCC(O)COc3ccc(C#N)cc3Br)ccc21. The molecule has 3 aromatic rings. The number of benzene rings is 2.